The molecule has 0 aliphatic rings. The summed E-state index contributed by atoms with van der Waals surface area (Å²) in [6.07, 6.45) is 2.58. The molecule has 0 unspecified atom stereocenters. The van der Waals surface area contributed by atoms with Crippen molar-refractivity contribution >= 4 is 41.5 Å². The van der Waals surface area contributed by atoms with E-state index >= 15 is 0 Å². The zero-order chi connectivity index (χ0) is 17.4. The van der Waals surface area contributed by atoms with Crippen molar-refractivity contribution < 1.29 is 4.74 Å². The average molecular weight is 478 g/mol. The molecule has 0 saturated carbocycles. The minimum atomic E-state index is 0. The summed E-state index contributed by atoms with van der Waals surface area (Å²) in [5.74, 6) is 1.55. The van der Waals surface area contributed by atoms with Crippen LogP contribution in [0.3, 0.4) is 0 Å². The minimum absolute atomic E-state index is 0. The predicted molar refractivity (Wildman–Crippen MR) is 113 cm³/mol. The van der Waals surface area contributed by atoms with E-state index in [4.69, 9.17) is 16.3 Å². The van der Waals surface area contributed by atoms with Crippen LogP contribution in [0.2, 0.25) is 5.02 Å². The van der Waals surface area contributed by atoms with Gasteiger partial charge in [0.05, 0.1) is 19.3 Å². The van der Waals surface area contributed by atoms with E-state index in [2.05, 4.69) is 20.7 Å². The summed E-state index contributed by atoms with van der Waals surface area (Å²) in [7, 11) is 3.55. The average Bonchev–Trinajstić information content (AvgIpc) is 2.99. The summed E-state index contributed by atoms with van der Waals surface area (Å²) in [4.78, 5) is 4.58. The van der Waals surface area contributed by atoms with Gasteiger partial charge in [-0.15, -0.1) is 24.0 Å². The molecule has 1 aromatic heterocycles. The first-order valence-electron chi connectivity index (χ1n) is 7.95. The van der Waals surface area contributed by atoms with Gasteiger partial charge in [0, 0.05) is 31.4 Å². The third kappa shape index (κ3) is 6.74. The molecule has 0 saturated heterocycles. The molecule has 0 spiro atoms. The lowest BCUT2D eigenvalue weighted by atomic mass is 10.1. The molecule has 2 aromatic rings. The van der Waals surface area contributed by atoms with Crippen LogP contribution in [0.25, 0.3) is 0 Å². The van der Waals surface area contributed by atoms with E-state index in [1.54, 1.807) is 13.3 Å². The van der Waals surface area contributed by atoms with Gasteiger partial charge in [0.1, 0.15) is 5.75 Å². The first kappa shape index (κ1) is 21.6. The molecule has 2 rings (SSSR count). The van der Waals surface area contributed by atoms with Gasteiger partial charge in [0.2, 0.25) is 0 Å². The second-order valence-corrected chi connectivity index (χ2v) is 5.68. The third-order valence-electron chi connectivity index (χ3n) is 3.61. The number of hydrogen-bond acceptors (Lipinski definition) is 3. The maximum atomic E-state index is 6.27. The number of nitrogens with zero attached hydrogens (tertiary/aromatic N) is 3. The van der Waals surface area contributed by atoms with Crippen LogP contribution in [0.1, 0.15) is 18.2 Å². The number of halogens is 2. The van der Waals surface area contributed by atoms with Crippen molar-refractivity contribution in [1.29, 1.82) is 0 Å². The Morgan fingerprint density at radius 1 is 1.32 bits per heavy atom. The Hall–Kier alpha value is -1.48. The smallest absolute Gasteiger partial charge is 0.191 e. The summed E-state index contributed by atoms with van der Waals surface area (Å²) in [6, 6.07) is 7.70. The van der Waals surface area contributed by atoms with Crippen LogP contribution >= 0.6 is 35.6 Å². The number of hydrogen-bond donors (Lipinski definition) is 2. The van der Waals surface area contributed by atoms with E-state index in [1.165, 1.54) is 0 Å². The Labute approximate surface area is 171 Å². The minimum Gasteiger partial charge on any atom is -0.497 e. The van der Waals surface area contributed by atoms with Crippen molar-refractivity contribution in [2.75, 3.05) is 20.2 Å². The van der Waals surface area contributed by atoms with E-state index < -0.39 is 0 Å². The number of guanidine groups is 1. The topological polar surface area (TPSA) is 63.5 Å². The van der Waals surface area contributed by atoms with E-state index in [1.807, 2.05) is 42.9 Å². The number of aliphatic imine (C=N–C) groups is 1. The van der Waals surface area contributed by atoms with E-state index in [9.17, 15) is 0 Å². The van der Waals surface area contributed by atoms with Gasteiger partial charge >= 0.3 is 0 Å². The van der Waals surface area contributed by atoms with Crippen LogP contribution < -0.4 is 15.4 Å². The molecular formula is C17H25ClIN5O. The van der Waals surface area contributed by atoms with Crippen LogP contribution in [0.5, 0.6) is 5.75 Å². The summed E-state index contributed by atoms with van der Waals surface area (Å²) < 4.78 is 6.99. The van der Waals surface area contributed by atoms with E-state index in [-0.39, 0.29) is 24.0 Å². The third-order valence-corrected chi connectivity index (χ3v) is 3.96. The Kier molecular flexibility index (Phi) is 9.66. The molecule has 0 radical (unpaired) electrons. The number of ether oxygens (including phenoxy) is 1. The van der Waals surface area contributed by atoms with Crippen LogP contribution in [0.15, 0.2) is 35.5 Å². The molecule has 25 heavy (non-hydrogen) atoms. The second kappa shape index (κ2) is 11.2. The van der Waals surface area contributed by atoms with Gasteiger partial charge in [-0.1, -0.05) is 17.7 Å². The van der Waals surface area contributed by atoms with Crippen molar-refractivity contribution in [3.05, 3.63) is 46.7 Å². The molecule has 0 fully saturated rings. The van der Waals surface area contributed by atoms with Crippen molar-refractivity contribution in [2.24, 2.45) is 12.0 Å². The highest BCUT2D eigenvalue weighted by Crippen LogP contribution is 2.22. The number of aromatic nitrogens is 2. The van der Waals surface area contributed by atoms with Gasteiger partial charge < -0.3 is 15.4 Å². The number of aryl methyl sites for hydroxylation is 1. The largest absolute Gasteiger partial charge is 0.497 e. The molecule has 2 N–H and O–H groups in total. The maximum Gasteiger partial charge on any atom is 0.191 e. The first-order valence-corrected chi connectivity index (χ1v) is 8.33. The second-order valence-electron chi connectivity index (χ2n) is 5.28. The molecule has 1 aromatic carbocycles. The van der Waals surface area contributed by atoms with Crippen LogP contribution in [-0.2, 0) is 20.0 Å². The molecule has 0 aliphatic heterocycles. The van der Waals surface area contributed by atoms with Gasteiger partial charge in [-0.25, -0.2) is 4.99 Å². The number of methoxy groups -OCH3 is 1. The molecule has 0 bridgehead atoms. The molecule has 138 valence electrons. The number of rotatable bonds is 7. The van der Waals surface area contributed by atoms with Gasteiger partial charge in [-0.3, -0.25) is 4.68 Å². The fourth-order valence-electron chi connectivity index (χ4n) is 2.23. The van der Waals surface area contributed by atoms with Crippen LogP contribution in [0.4, 0.5) is 0 Å². The zero-order valence-corrected chi connectivity index (χ0v) is 17.8. The summed E-state index contributed by atoms with van der Waals surface area (Å²) in [5.41, 5.74) is 2.14. The van der Waals surface area contributed by atoms with Gasteiger partial charge in [0.15, 0.2) is 5.96 Å². The fourth-order valence-corrected chi connectivity index (χ4v) is 2.50. The maximum absolute atomic E-state index is 6.27. The van der Waals surface area contributed by atoms with Crippen molar-refractivity contribution in [3.63, 3.8) is 0 Å². The van der Waals surface area contributed by atoms with Gasteiger partial charge in [-0.2, -0.15) is 5.10 Å². The predicted octanol–water partition coefficient (Wildman–Crippen LogP) is 3.00. The normalized spacial score (nSPS) is 11.0. The van der Waals surface area contributed by atoms with Gasteiger partial charge in [-0.05, 0) is 37.1 Å². The highest BCUT2D eigenvalue weighted by atomic mass is 127. The highest BCUT2D eigenvalue weighted by Gasteiger charge is 2.04. The Bertz CT molecular complexity index is 689. The quantitative estimate of drug-likeness (QED) is 0.366. The first-order chi connectivity index (χ1) is 11.6. The molecule has 0 amide bonds. The van der Waals surface area contributed by atoms with Crippen LogP contribution in [0, 0.1) is 0 Å². The van der Waals surface area contributed by atoms with Crippen molar-refractivity contribution in [2.45, 2.75) is 19.9 Å². The number of benzene rings is 1. The molecule has 1 heterocycles. The molecular weight excluding hydrogens is 453 g/mol. The summed E-state index contributed by atoms with van der Waals surface area (Å²) >= 11 is 6.27. The van der Waals surface area contributed by atoms with Crippen LogP contribution in [-0.4, -0.2) is 35.9 Å². The Morgan fingerprint density at radius 2 is 2.12 bits per heavy atom. The summed E-state index contributed by atoms with van der Waals surface area (Å²) in [5, 5.41) is 11.4. The SMILES string of the molecule is CCNC(=NCc1ccnn1C)NCCc1ccc(OC)cc1Cl.I. The lowest BCUT2D eigenvalue weighted by Gasteiger charge is -2.12. The lowest BCUT2D eigenvalue weighted by molar-refractivity contribution is 0.414. The van der Waals surface area contributed by atoms with Crippen molar-refractivity contribution in [3.8, 4) is 5.75 Å². The molecule has 8 heteroatoms. The fraction of sp³-hybridized carbons (Fsp3) is 0.412. The standard InChI is InChI=1S/C17H24ClN5O.HI/c1-4-19-17(21-12-14-8-10-22-23(14)2)20-9-7-13-5-6-15(24-3)11-16(13)18;/h5-6,8,10-11H,4,7,9,12H2,1-3H3,(H2,19,20,21);1H. The van der Waals surface area contributed by atoms with E-state index in [0.717, 1.165) is 42.5 Å². The number of nitrogens with one attached hydrogen (secondary N) is 2. The Morgan fingerprint density at radius 3 is 2.72 bits per heavy atom. The summed E-state index contributed by atoms with van der Waals surface area (Å²) in [6.45, 7) is 4.17. The van der Waals surface area contributed by atoms with Gasteiger partial charge in [0.25, 0.3) is 0 Å². The molecule has 0 atom stereocenters. The lowest BCUT2D eigenvalue weighted by Crippen LogP contribution is -2.38. The van der Waals surface area contributed by atoms with E-state index in [0.29, 0.717) is 11.6 Å². The monoisotopic (exact) mass is 477 g/mol. The van der Waals surface area contributed by atoms with Crippen molar-refractivity contribution in [1.82, 2.24) is 20.4 Å². The zero-order valence-electron chi connectivity index (χ0n) is 14.8. The molecule has 0 aliphatic carbocycles. The molecule has 6 nitrogen and oxygen atoms in total. The highest BCUT2D eigenvalue weighted by molar-refractivity contribution is 14.0. The Balaban J connectivity index is 0.00000312.